The molecule has 0 aliphatic carbocycles. The minimum absolute atomic E-state index is 0.0577. The zero-order valence-electron chi connectivity index (χ0n) is 19.6. The molecule has 0 spiro atoms. The van der Waals surface area contributed by atoms with Gasteiger partial charge < -0.3 is 10.2 Å². The van der Waals surface area contributed by atoms with Gasteiger partial charge in [-0.25, -0.2) is 12.7 Å². The van der Waals surface area contributed by atoms with Gasteiger partial charge in [0.05, 0.1) is 4.90 Å². The number of rotatable bonds is 12. The number of benzene rings is 2. The summed E-state index contributed by atoms with van der Waals surface area (Å²) in [5.41, 5.74) is 0.554. The molecule has 186 valence electrons. The molecule has 10 heteroatoms. The highest BCUT2D eigenvalue weighted by molar-refractivity contribution is 7.89. The normalized spacial score (nSPS) is 12.4. The Kier molecular flexibility index (Phi) is 10.8. The van der Waals surface area contributed by atoms with Gasteiger partial charge in [-0.05, 0) is 44.0 Å². The largest absolute Gasteiger partial charge is 0.354 e. The quantitative estimate of drug-likeness (QED) is 0.444. The highest BCUT2D eigenvalue weighted by Gasteiger charge is 2.27. The third-order valence-electron chi connectivity index (χ3n) is 5.42. The van der Waals surface area contributed by atoms with Crippen molar-refractivity contribution in [2.75, 3.05) is 20.1 Å². The Balaban J connectivity index is 2.12. The zero-order chi connectivity index (χ0) is 25.3. The van der Waals surface area contributed by atoms with E-state index in [0.717, 1.165) is 6.42 Å². The number of carbonyl (C=O) groups excluding carboxylic acids is 2. The number of halogens is 2. The van der Waals surface area contributed by atoms with Crippen molar-refractivity contribution in [3.05, 3.63) is 64.1 Å². The molecular formula is C24H31Cl2N3O4S. The lowest BCUT2D eigenvalue weighted by Gasteiger charge is -2.29. The van der Waals surface area contributed by atoms with Crippen molar-refractivity contribution in [3.63, 3.8) is 0 Å². The molecule has 1 N–H and O–H groups in total. The Hall–Kier alpha value is -2.13. The molecule has 1 unspecified atom stereocenters. The summed E-state index contributed by atoms with van der Waals surface area (Å²) in [5.74, 6) is -0.567. The van der Waals surface area contributed by atoms with Crippen molar-refractivity contribution >= 4 is 45.0 Å². The van der Waals surface area contributed by atoms with Crippen LogP contribution in [0, 0.1) is 0 Å². The second-order valence-electron chi connectivity index (χ2n) is 7.93. The predicted molar refractivity (Wildman–Crippen MR) is 135 cm³/mol. The fourth-order valence-corrected chi connectivity index (χ4v) is 5.07. The van der Waals surface area contributed by atoms with Gasteiger partial charge in [-0.3, -0.25) is 9.59 Å². The van der Waals surface area contributed by atoms with Gasteiger partial charge in [-0.15, -0.1) is 0 Å². The van der Waals surface area contributed by atoms with Gasteiger partial charge in [0.15, 0.2) is 0 Å². The van der Waals surface area contributed by atoms with Gasteiger partial charge in [0.1, 0.15) is 6.04 Å². The highest BCUT2D eigenvalue weighted by Crippen LogP contribution is 2.27. The molecule has 0 radical (unpaired) electrons. The van der Waals surface area contributed by atoms with Crippen LogP contribution in [0.4, 0.5) is 0 Å². The molecule has 0 aromatic heterocycles. The van der Waals surface area contributed by atoms with E-state index in [4.69, 9.17) is 23.2 Å². The summed E-state index contributed by atoms with van der Waals surface area (Å²) < 4.78 is 26.6. The molecule has 0 heterocycles. The molecule has 1 atom stereocenters. The van der Waals surface area contributed by atoms with E-state index in [1.54, 1.807) is 43.3 Å². The van der Waals surface area contributed by atoms with Gasteiger partial charge in [-0.1, -0.05) is 54.4 Å². The van der Waals surface area contributed by atoms with Crippen LogP contribution in [0.1, 0.15) is 38.7 Å². The fraction of sp³-hybridized carbons (Fsp3) is 0.417. The smallest absolute Gasteiger partial charge is 0.242 e. The third-order valence-corrected chi connectivity index (χ3v) is 8.00. The molecule has 7 nitrogen and oxygen atoms in total. The molecule has 0 aliphatic heterocycles. The number of nitrogens with one attached hydrogen (secondary N) is 1. The van der Waals surface area contributed by atoms with E-state index in [9.17, 15) is 18.0 Å². The van der Waals surface area contributed by atoms with Crippen LogP contribution in [0.5, 0.6) is 0 Å². The van der Waals surface area contributed by atoms with Crippen LogP contribution in [0.15, 0.2) is 53.4 Å². The third kappa shape index (κ3) is 7.43. The summed E-state index contributed by atoms with van der Waals surface area (Å²) in [4.78, 5) is 27.4. The average Bonchev–Trinajstić information content (AvgIpc) is 2.82. The first-order valence-corrected chi connectivity index (χ1v) is 13.3. The molecular weight excluding hydrogens is 497 g/mol. The Morgan fingerprint density at radius 3 is 2.24 bits per heavy atom. The molecule has 0 saturated carbocycles. The van der Waals surface area contributed by atoms with E-state index in [0.29, 0.717) is 22.2 Å². The number of hydrogen-bond donors (Lipinski definition) is 1. The molecule has 0 bridgehead atoms. The zero-order valence-corrected chi connectivity index (χ0v) is 22.0. The standard InChI is InChI=1S/C24H31Cl2N3O4S/c1-4-15-27-24(31)18(2)29(17-20-21(25)12-8-13-22(20)26)23(30)14-9-16-28(3)34(32,33)19-10-6-5-7-11-19/h5-8,10-13,18H,4,9,14-17H2,1-3H3,(H,27,31). The first-order valence-electron chi connectivity index (χ1n) is 11.1. The predicted octanol–water partition coefficient (Wildman–Crippen LogP) is 4.34. The summed E-state index contributed by atoms with van der Waals surface area (Å²) in [6.45, 7) is 4.31. The van der Waals surface area contributed by atoms with Gasteiger partial charge in [0.25, 0.3) is 0 Å². The summed E-state index contributed by atoms with van der Waals surface area (Å²) in [5, 5.41) is 3.61. The van der Waals surface area contributed by atoms with Crippen molar-refractivity contribution in [1.82, 2.24) is 14.5 Å². The first-order chi connectivity index (χ1) is 16.1. The summed E-state index contributed by atoms with van der Waals surface area (Å²) in [6, 6.07) is 12.4. The minimum atomic E-state index is -3.65. The first kappa shape index (κ1) is 28.1. The Morgan fingerprint density at radius 1 is 1.03 bits per heavy atom. The minimum Gasteiger partial charge on any atom is -0.354 e. The Bertz CT molecular complexity index is 1060. The Morgan fingerprint density at radius 2 is 1.65 bits per heavy atom. The summed E-state index contributed by atoms with van der Waals surface area (Å²) in [6.07, 6.45) is 1.12. The topological polar surface area (TPSA) is 86.8 Å². The van der Waals surface area contributed by atoms with E-state index in [1.807, 2.05) is 6.92 Å². The second-order valence-corrected chi connectivity index (χ2v) is 10.8. The number of hydrogen-bond acceptors (Lipinski definition) is 4. The number of nitrogens with zero attached hydrogens (tertiary/aromatic N) is 2. The van der Waals surface area contributed by atoms with Crippen molar-refractivity contribution < 1.29 is 18.0 Å². The number of sulfonamides is 1. The van der Waals surface area contributed by atoms with E-state index in [1.165, 1.54) is 28.4 Å². The highest BCUT2D eigenvalue weighted by atomic mass is 35.5. The monoisotopic (exact) mass is 527 g/mol. The SMILES string of the molecule is CCCNC(=O)C(C)N(Cc1c(Cl)cccc1Cl)C(=O)CCCN(C)S(=O)(=O)c1ccccc1. The van der Waals surface area contributed by atoms with Crippen LogP contribution in [-0.2, 0) is 26.2 Å². The van der Waals surface area contributed by atoms with Crippen LogP contribution in [0.25, 0.3) is 0 Å². The molecule has 2 rings (SSSR count). The molecule has 2 aromatic rings. The van der Waals surface area contributed by atoms with Crippen LogP contribution in [-0.4, -0.2) is 55.6 Å². The van der Waals surface area contributed by atoms with Gasteiger partial charge in [0.2, 0.25) is 21.8 Å². The van der Waals surface area contributed by atoms with Crippen molar-refractivity contribution in [2.24, 2.45) is 0 Å². The fourth-order valence-electron chi connectivity index (χ4n) is 3.32. The molecule has 0 saturated heterocycles. The maximum atomic E-state index is 13.2. The van der Waals surface area contributed by atoms with Crippen LogP contribution < -0.4 is 5.32 Å². The lowest BCUT2D eigenvalue weighted by Crippen LogP contribution is -2.48. The average molecular weight is 529 g/mol. The van der Waals surface area contributed by atoms with Crippen LogP contribution in [0.3, 0.4) is 0 Å². The second kappa shape index (κ2) is 13.1. The van der Waals surface area contributed by atoms with Crippen LogP contribution >= 0.6 is 23.2 Å². The summed E-state index contributed by atoms with van der Waals surface area (Å²) >= 11 is 12.6. The van der Waals surface area contributed by atoms with Gasteiger partial charge >= 0.3 is 0 Å². The van der Waals surface area contributed by atoms with E-state index < -0.39 is 16.1 Å². The molecule has 0 fully saturated rings. The number of amides is 2. The van der Waals surface area contributed by atoms with Gasteiger partial charge in [-0.2, -0.15) is 0 Å². The molecule has 2 amide bonds. The van der Waals surface area contributed by atoms with Crippen molar-refractivity contribution in [1.29, 1.82) is 0 Å². The number of carbonyl (C=O) groups is 2. The molecule has 2 aromatic carbocycles. The molecule has 0 aliphatic rings. The maximum absolute atomic E-state index is 13.2. The lowest BCUT2D eigenvalue weighted by atomic mass is 10.1. The van der Waals surface area contributed by atoms with Crippen LogP contribution in [0.2, 0.25) is 10.0 Å². The maximum Gasteiger partial charge on any atom is 0.242 e. The van der Waals surface area contributed by atoms with E-state index in [-0.39, 0.29) is 42.6 Å². The Labute approximate surface area is 212 Å². The van der Waals surface area contributed by atoms with Gasteiger partial charge in [0, 0.05) is 48.7 Å². The lowest BCUT2D eigenvalue weighted by molar-refractivity contribution is -0.140. The van der Waals surface area contributed by atoms with Crippen molar-refractivity contribution in [3.8, 4) is 0 Å². The summed E-state index contributed by atoms with van der Waals surface area (Å²) in [7, 11) is -2.17. The van der Waals surface area contributed by atoms with Crippen molar-refractivity contribution in [2.45, 2.75) is 50.6 Å². The molecule has 34 heavy (non-hydrogen) atoms. The van der Waals surface area contributed by atoms with E-state index in [2.05, 4.69) is 5.32 Å². The van der Waals surface area contributed by atoms with E-state index >= 15 is 0 Å².